The number of rotatable bonds is 3. The summed E-state index contributed by atoms with van der Waals surface area (Å²) in [6.07, 6.45) is 5.97. The van der Waals surface area contributed by atoms with Crippen LogP contribution in [0.5, 0.6) is 0 Å². The summed E-state index contributed by atoms with van der Waals surface area (Å²) in [5.41, 5.74) is 1.04. The van der Waals surface area contributed by atoms with Gasteiger partial charge in [-0.05, 0) is 31.9 Å². The van der Waals surface area contributed by atoms with Gasteiger partial charge in [0.2, 0.25) is 0 Å². The normalized spacial score (nSPS) is 27.6. The molecule has 0 saturated heterocycles. The van der Waals surface area contributed by atoms with E-state index in [1.54, 1.807) is 0 Å². The summed E-state index contributed by atoms with van der Waals surface area (Å²) in [5, 5.41) is 13.4. The predicted molar refractivity (Wildman–Crippen MR) is 64.1 cm³/mol. The Morgan fingerprint density at radius 1 is 1.38 bits per heavy atom. The van der Waals surface area contributed by atoms with Crippen LogP contribution in [0.25, 0.3) is 0 Å². The van der Waals surface area contributed by atoms with E-state index in [2.05, 4.69) is 17.2 Å². The van der Waals surface area contributed by atoms with Gasteiger partial charge in [0, 0.05) is 18.3 Å². The molecule has 0 bridgehead atoms. The van der Waals surface area contributed by atoms with Crippen molar-refractivity contribution in [2.24, 2.45) is 0 Å². The number of aliphatic hydroxyl groups excluding tert-OH is 1. The lowest BCUT2D eigenvalue weighted by atomic mass is 9.92. The first-order valence-corrected chi connectivity index (χ1v) is 6.12. The standard InChI is InChI=1S/C13H20N2O/c1-10(11-6-4-5-9-14-11)15-12-7-2-3-8-13(12)16/h4-6,9-10,12-13,15-16H,2-3,7-8H2,1H3/t10-,12-,13-/m0/s1. The summed E-state index contributed by atoms with van der Waals surface area (Å²) in [6, 6.07) is 6.38. The van der Waals surface area contributed by atoms with Crippen LogP contribution in [0.15, 0.2) is 24.4 Å². The fourth-order valence-electron chi connectivity index (χ4n) is 2.34. The van der Waals surface area contributed by atoms with Gasteiger partial charge < -0.3 is 10.4 Å². The summed E-state index contributed by atoms with van der Waals surface area (Å²) in [4.78, 5) is 4.33. The van der Waals surface area contributed by atoms with E-state index in [9.17, 15) is 5.11 Å². The maximum Gasteiger partial charge on any atom is 0.0693 e. The van der Waals surface area contributed by atoms with Crippen LogP contribution in [0.3, 0.4) is 0 Å². The third kappa shape index (κ3) is 2.80. The average Bonchev–Trinajstić information content (AvgIpc) is 2.33. The number of pyridine rings is 1. The van der Waals surface area contributed by atoms with Crippen LogP contribution in [-0.2, 0) is 0 Å². The largest absolute Gasteiger partial charge is 0.392 e. The van der Waals surface area contributed by atoms with E-state index >= 15 is 0 Å². The molecular formula is C13H20N2O. The minimum absolute atomic E-state index is 0.195. The molecular weight excluding hydrogens is 200 g/mol. The minimum Gasteiger partial charge on any atom is -0.392 e. The number of nitrogens with zero attached hydrogens (tertiary/aromatic N) is 1. The molecule has 0 spiro atoms. The molecule has 1 aromatic heterocycles. The Bertz CT molecular complexity index is 315. The Labute approximate surface area is 96.9 Å². The molecule has 1 aromatic rings. The van der Waals surface area contributed by atoms with E-state index in [0.717, 1.165) is 25.0 Å². The van der Waals surface area contributed by atoms with Crippen molar-refractivity contribution in [3.63, 3.8) is 0 Å². The minimum atomic E-state index is -0.195. The lowest BCUT2D eigenvalue weighted by Gasteiger charge is -2.30. The zero-order valence-electron chi connectivity index (χ0n) is 9.76. The molecule has 1 aliphatic carbocycles. The number of aromatic nitrogens is 1. The zero-order chi connectivity index (χ0) is 11.4. The first kappa shape index (κ1) is 11.6. The fraction of sp³-hybridized carbons (Fsp3) is 0.615. The van der Waals surface area contributed by atoms with Crippen molar-refractivity contribution in [1.82, 2.24) is 10.3 Å². The number of nitrogens with one attached hydrogen (secondary N) is 1. The molecule has 1 saturated carbocycles. The van der Waals surface area contributed by atoms with E-state index < -0.39 is 0 Å². The Hall–Kier alpha value is -0.930. The van der Waals surface area contributed by atoms with Crippen LogP contribution < -0.4 is 5.32 Å². The second kappa shape index (κ2) is 5.41. The van der Waals surface area contributed by atoms with Crippen LogP contribution >= 0.6 is 0 Å². The van der Waals surface area contributed by atoms with Crippen molar-refractivity contribution in [2.45, 2.75) is 50.8 Å². The molecule has 3 heteroatoms. The Morgan fingerprint density at radius 2 is 2.19 bits per heavy atom. The molecule has 16 heavy (non-hydrogen) atoms. The second-order valence-corrected chi connectivity index (χ2v) is 4.60. The summed E-state index contributed by atoms with van der Waals surface area (Å²) in [6.45, 7) is 2.10. The molecule has 0 unspecified atom stereocenters. The molecule has 1 heterocycles. The van der Waals surface area contributed by atoms with Gasteiger partial charge in [0.1, 0.15) is 0 Å². The Balaban J connectivity index is 1.94. The molecule has 3 atom stereocenters. The van der Waals surface area contributed by atoms with E-state index in [-0.39, 0.29) is 18.2 Å². The van der Waals surface area contributed by atoms with Gasteiger partial charge in [0.15, 0.2) is 0 Å². The van der Waals surface area contributed by atoms with Crippen LogP contribution in [0.4, 0.5) is 0 Å². The lowest BCUT2D eigenvalue weighted by molar-refractivity contribution is 0.0857. The Morgan fingerprint density at radius 3 is 2.88 bits per heavy atom. The number of hydrogen-bond acceptors (Lipinski definition) is 3. The first-order chi connectivity index (χ1) is 7.77. The predicted octanol–water partition coefficient (Wildman–Crippen LogP) is 2.04. The van der Waals surface area contributed by atoms with Crippen molar-refractivity contribution in [2.75, 3.05) is 0 Å². The molecule has 0 aromatic carbocycles. The molecule has 88 valence electrons. The maximum atomic E-state index is 9.88. The molecule has 0 amide bonds. The number of aliphatic hydroxyl groups is 1. The summed E-state index contributed by atoms with van der Waals surface area (Å²) in [5.74, 6) is 0. The highest BCUT2D eigenvalue weighted by molar-refractivity contribution is 5.08. The lowest BCUT2D eigenvalue weighted by Crippen LogP contribution is -2.43. The molecule has 3 nitrogen and oxygen atoms in total. The Kier molecular flexibility index (Phi) is 3.91. The van der Waals surface area contributed by atoms with Crippen LogP contribution in [-0.4, -0.2) is 22.2 Å². The van der Waals surface area contributed by atoms with E-state index in [4.69, 9.17) is 0 Å². The first-order valence-electron chi connectivity index (χ1n) is 6.12. The molecule has 1 aliphatic rings. The van der Waals surface area contributed by atoms with Gasteiger partial charge in [-0.1, -0.05) is 18.9 Å². The molecule has 0 radical (unpaired) electrons. The third-order valence-corrected chi connectivity index (χ3v) is 3.32. The van der Waals surface area contributed by atoms with E-state index in [1.165, 1.54) is 6.42 Å². The van der Waals surface area contributed by atoms with Gasteiger partial charge >= 0.3 is 0 Å². The maximum absolute atomic E-state index is 9.88. The highest BCUT2D eigenvalue weighted by atomic mass is 16.3. The van der Waals surface area contributed by atoms with Gasteiger partial charge in [-0.15, -0.1) is 0 Å². The SMILES string of the molecule is C[C@H](N[C@H]1CCCC[C@@H]1O)c1ccccn1. The summed E-state index contributed by atoms with van der Waals surface area (Å²) < 4.78 is 0. The number of hydrogen-bond donors (Lipinski definition) is 2. The molecule has 0 aliphatic heterocycles. The summed E-state index contributed by atoms with van der Waals surface area (Å²) in [7, 11) is 0. The van der Waals surface area contributed by atoms with Crippen molar-refractivity contribution in [1.29, 1.82) is 0 Å². The van der Waals surface area contributed by atoms with Crippen LogP contribution in [0.1, 0.15) is 44.3 Å². The topological polar surface area (TPSA) is 45.1 Å². The van der Waals surface area contributed by atoms with Gasteiger partial charge in [-0.3, -0.25) is 4.98 Å². The zero-order valence-corrected chi connectivity index (χ0v) is 9.76. The van der Waals surface area contributed by atoms with Crippen LogP contribution in [0.2, 0.25) is 0 Å². The quantitative estimate of drug-likeness (QED) is 0.819. The van der Waals surface area contributed by atoms with Crippen molar-refractivity contribution in [3.8, 4) is 0 Å². The van der Waals surface area contributed by atoms with E-state index in [1.807, 2.05) is 24.4 Å². The highest BCUT2D eigenvalue weighted by Crippen LogP contribution is 2.21. The van der Waals surface area contributed by atoms with Crippen molar-refractivity contribution < 1.29 is 5.11 Å². The second-order valence-electron chi connectivity index (χ2n) is 4.60. The van der Waals surface area contributed by atoms with E-state index in [0.29, 0.717) is 0 Å². The van der Waals surface area contributed by atoms with Gasteiger partial charge in [0.25, 0.3) is 0 Å². The molecule has 2 N–H and O–H groups in total. The average molecular weight is 220 g/mol. The molecule has 2 rings (SSSR count). The van der Waals surface area contributed by atoms with Crippen molar-refractivity contribution >= 4 is 0 Å². The van der Waals surface area contributed by atoms with Crippen molar-refractivity contribution in [3.05, 3.63) is 30.1 Å². The smallest absolute Gasteiger partial charge is 0.0693 e. The third-order valence-electron chi connectivity index (χ3n) is 3.32. The molecule has 1 fully saturated rings. The van der Waals surface area contributed by atoms with Gasteiger partial charge in [-0.2, -0.15) is 0 Å². The van der Waals surface area contributed by atoms with Gasteiger partial charge in [-0.25, -0.2) is 0 Å². The fourth-order valence-corrected chi connectivity index (χ4v) is 2.34. The highest BCUT2D eigenvalue weighted by Gasteiger charge is 2.24. The monoisotopic (exact) mass is 220 g/mol. The summed E-state index contributed by atoms with van der Waals surface area (Å²) >= 11 is 0. The van der Waals surface area contributed by atoms with Crippen LogP contribution in [0, 0.1) is 0 Å². The van der Waals surface area contributed by atoms with Gasteiger partial charge in [0.05, 0.1) is 11.8 Å².